The second kappa shape index (κ2) is 7.13. The van der Waals surface area contributed by atoms with Gasteiger partial charge in [0.2, 0.25) is 5.91 Å². The first-order valence-corrected chi connectivity index (χ1v) is 8.35. The van der Waals surface area contributed by atoms with Gasteiger partial charge in [0, 0.05) is 11.3 Å². The van der Waals surface area contributed by atoms with Gasteiger partial charge in [0.05, 0.1) is 24.5 Å². The molecule has 3 rings (SSSR count). The lowest BCUT2D eigenvalue weighted by molar-refractivity contribution is -0.120. The fraction of sp³-hybridized carbons (Fsp3) is 0.444. The lowest BCUT2D eigenvalue weighted by Gasteiger charge is -2.14. The molecule has 0 radical (unpaired) electrons. The highest BCUT2D eigenvalue weighted by molar-refractivity contribution is 5.78. The smallest absolute Gasteiger partial charge is 0.234 e. The molecule has 1 aliphatic carbocycles. The molecule has 0 saturated heterocycles. The normalized spacial score (nSPS) is 15.3. The van der Waals surface area contributed by atoms with Gasteiger partial charge in [-0.3, -0.25) is 4.79 Å². The highest BCUT2D eigenvalue weighted by Gasteiger charge is 2.21. The Balaban J connectivity index is 1.61. The van der Waals surface area contributed by atoms with E-state index in [-0.39, 0.29) is 17.8 Å². The van der Waals surface area contributed by atoms with E-state index in [1.165, 1.54) is 25.0 Å². The number of aromatic nitrogens is 2. The Hall–Kier alpha value is -2.21. The number of halogens is 1. The highest BCUT2D eigenvalue weighted by atomic mass is 19.1. The van der Waals surface area contributed by atoms with Crippen molar-refractivity contribution in [3.05, 3.63) is 47.5 Å². The van der Waals surface area contributed by atoms with Crippen LogP contribution in [0.15, 0.2) is 30.5 Å². The molecule has 24 heavy (non-hydrogen) atoms. The van der Waals surface area contributed by atoms with E-state index in [4.69, 9.17) is 0 Å². The first-order valence-electron chi connectivity index (χ1n) is 8.35. The Morgan fingerprint density at radius 2 is 2.08 bits per heavy atom. The minimum atomic E-state index is -0.275. The van der Waals surface area contributed by atoms with Crippen LogP contribution in [0.4, 0.5) is 4.39 Å². The van der Waals surface area contributed by atoms with Crippen LogP contribution in [0.25, 0.3) is 5.69 Å². The fourth-order valence-corrected chi connectivity index (χ4v) is 2.77. The highest BCUT2D eigenvalue weighted by Crippen LogP contribution is 2.27. The Kier molecular flexibility index (Phi) is 4.94. The average molecular weight is 330 g/mol. The maximum Gasteiger partial charge on any atom is 0.234 e. The largest absolute Gasteiger partial charge is 0.348 e. The van der Waals surface area contributed by atoms with Gasteiger partial charge in [0.15, 0.2) is 0 Å². The summed E-state index contributed by atoms with van der Waals surface area (Å²) in [4.78, 5) is 12.0. The minimum Gasteiger partial charge on any atom is -0.348 e. The van der Waals surface area contributed by atoms with Gasteiger partial charge in [-0.15, -0.1) is 0 Å². The number of carbonyl (C=O) groups is 1. The van der Waals surface area contributed by atoms with Crippen LogP contribution >= 0.6 is 0 Å². The summed E-state index contributed by atoms with van der Waals surface area (Å²) in [5, 5.41) is 10.5. The van der Waals surface area contributed by atoms with Crippen molar-refractivity contribution in [3.8, 4) is 5.69 Å². The molecule has 2 aromatic rings. The molecule has 1 atom stereocenters. The Morgan fingerprint density at radius 3 is 2.75 bits per heavy atom. The van der Waals surface area contributed by atoms with Gasteiger partial charge in [0.1, 0.15) is 5.82 Å². The van der Waals surface area contributed by atoms with Crippen LogP contribution in [0.1, 0.15) is 37.1 Å². The van der Waals surface area contributed by atoms with E-state index in [1.807, 2.05) is 13.8 Å². The van der Waals surface area contributed by atoms with Crippen molar-refractivity contribution >= 4 is 5.91 Å². The molecule has 6 heteroatoms. The number of rotatable bonds is 7. The van der Waals surface area contributed by atoms with E-state index in [0.717, 1.165) is 29.4 Å². The molecule has 1 unspecified atom stereocenters. The molecule has 0 spiro atoms. The summed E-state index contributed by atoms with van der Waals surface area (Å²) in [6.07, 6.45) is 4.29. The second-order valence-corrected chi connectivity index (χ2v) is 6.44. The predicted octanol–water partition coefficient (Wildman–Crippen LogP) is 2.50. The summed E-state index contributed by atoms with van der Waals surface area (Å²) >= 11 is 0. The maximum absolute atomic E-state index is 13.1. The van der Waals surface area contributed by atoms with Gasteiger partial charge in [-0.25, -0.2) is 9.07 Å². The average Bonchev–Trinajstić information content (AvgIpc) is 3.29. The number of benzene rings is 1. The molecule has 1 aromatic heterocycles. The first-order chi connectivity index (χ1) is 11.5. The van der Waals surface area contributed by atoms with Gasteiger partial charge < -0.3 is 10.6 Å². The summed E-state index contributed by atoms with van der Waals surface area (Å²) in [5.41, 5.74) is 2.68. The lowest BCUT2D eigenvalue weighted by atomic mass is 10.1. The molecule has 1 amide bonds. The molecule has 0 bridgehead atoms. The summed E-state index contributed by atoms with van der Waals surface area (Å²) < 4.78 is 14.8. The van der Waals surface area contributed by atoms with E-state index >= 15 is 0 Å². The molecule has 128 valence electrons. The van der Waals surface area contributed by atoms with Crippen molar-refractivity contribution in [2.24, 2.45) is 5.92 Å². The SMILES string of the molecule is Cc1c(C(C)NC(=O)CNCC2CC2)cnn1-c1ccc(F)cc1. The number of amides is 1. The summed E-state index contributed by atoms with van der Waals surface area (Å²) in [6.45, 7) is 5.15. The van der Waals surface area contributed by atoms with E-state index in [0.29, 0.717) is 6.54 Å². The molecule has 5 nitrogen and oxygen atoms in total. The topological polar surface area (TPSA) is 59.0 Å². The number of nitrogens with one attached hydrogen (secondary N) is 2. The maximum atomic E-state index is 13.1. The third kappa shape index (κ3) is 4.00. The zero-order valence-electron chi connectivity index (χ0n) is 14.1. The third-order valence-corrected chi connectivity index (χ3v) is 4.38. The van der Waals surface area contributed by atoms with Crippen LogP contribution in [0.3, 0.4) is 0 Å². The standard InChI is InChI=1S/C18H23FN4O/c1-12(22-18(24)11-20-9-14-3-4-14)17-10-21-23(13(17)2)16-7-5-15(19)6-8-16/h5-8,10,12,14,20H,3-4,9,11H2,1-2H3,(H,22,24). The first kappa shape index (κ1) is 16.6. The van der Waals surface area contributed by atoms with Crippen LogP contribution in [0.5, 0.6) is 0 Å². The summed E-state index contributed by atoms with van der Waals surface area (Å²) in [6, 6.07) is 6.06. The van der Waals surface area contributed by atoms with Crippen LogP contribution in [0, 0.1) is 18.7 Å². The quantitative estimate of drug-likeness (QED) is 0.820. The molecule has 0 aliphatic heterocycles. The van der Waals surface area contributed by atoms with E-state index in [9.17, 15) is 9.18 Å². The van der Waals surface area contributed by atoms with Crippen LogP contribution in [0.2, 0.25) is 0 Å². The number of nitrogens with zero attached hydrogens (tertiary/aromatic N) is 2. The number of hydrogen-bond donors (Lipinski definition) is 2. The molecule has 1 fully saturated rings. The third-order valence-electron chi connectivity index (χ3n) is 4.38. The van der Waals surface area contributed by atoms with Gasteiger partial charge in [-0.1, -0.05) is 0 Å². The molecule has 1 aromatic carbocycles. The second-order valence-electron chi connectivity index (χ2n) is 6.44. The Morgan fingerprint density at radius 1 is 1.38 bits per heavy atom. The zero-order chi connectivity index (χ0) is 17.1. The van der Waals surface area contributed by atoms with E-state index in [1.54, 1.807) is 23.0 Å². The molecule has 1 saturated carbocycles. The Bertz CT molecular complexity index is 706. The van der Waals surface area contributed by atoms with Gasteiger partial charge >= 0.3 is 0 Å². The van der Waals surface area contributed by atoms with Crippen LogP contribution < -0.4 is 10.6 Å². The molecule has 2 N–H and O–H groups in total. The molecule has 1 aliphatic rings. The zero-order valence-corrected chi connectivity index (χ0v) is 14.1. The summed E-state index contributed by atoms with van der Waals surface area (Å²) in [5.74, 6) is 0.464. The molecule has 1 heterocycles. The van der Waals surface area contributed by atoms with Crippen LogP contribution in [-0.2, 0) is 4.79 Å². The van der Waals surface area contributed by atoms with Gasteiger partial charge in [0.25, 0.3) is 0 Å². The monoisotopic (exact) mass is 330 g/mol. The van der Waals surface area contributed by atoms with Crippen molar-refractivity contribution in [2.75, 3.05) is 13.1 Å². The van der Waals surface area contributed by atoms with Crippen molar-refractivity contribution in [1.29, 1.82) is 0 Å². The van der Waals surface area contributed by atoms with Crippen molar-refractivity contribution in [1.82, 2.24) is 20.4 Å². The fourth-order valence-electron chi connectivity index (χ4n) is 2.77. The predicted molar refractivity (Wildman–Crippen MR) is 90.4 cm³/mol. The minimum absolute atomic E-state index is 0.0166. The molecular formula is C18H23FN4O. The number of carbonyl (C=O) groups excluding carboxylic acids is 1. The van der Waals surface area contributed by atoms with E-state index in [2.05, 4.69) is 15.7 Å². The summed E-state index contributed by atoms with van der Waals surface area (Å²) in [7, 11) is 0. The van der Waals surface area contributed by atoms with Crippen molar-refractivity contribution in [2.45, 2.75) is 32.7 Å². The lowest BCUT2D eigenvalue weighted by Crippen LogP contribution is -2.36. The van der Waals surface area contributed by atoms with Gasteiger partial charge in [-0.2, -0.15) is 5.10 Å². The van der Waals surface area contributed by atoms with E-state index < -0.39 is 0 Å². The Labute approximate surface area is 141 Å². The van der Waals surface area contributed by atoms with Crippen molar-refractivity contribution < 1.29 is 9.18 Å². The van der Waals surface area contributed by atoms with Crippen LogP contribution in [-0.4, -0.2) is 28.8 Å². The van der Waals surface area contributed by atoms with Crippen molar-refractivity contribution in [3.63, 3.8) is 0 Å². The van der Waals surface area contributed by atoms with Gasteiger partial charge in [-0.05, 0) is 63.4 Å². The molecular weight excluding hydrogens is 307 g/mol. The number of hydrogen-bond acceptors (Lipinski definition) is 3.